The van der Waals surface area contributed by atoms with E-state index in [4.69, 9.17) is 4.74 Å². The number of nitrogens with one attached hydrogen (secondary N) is 2. The summed E-state index contributed by atoms with van der Waals surface area (Å²) in [6.45, 7) is 5.48. The number of amides is 2. The van der Waals surface area contributed by atoms with Crippen LogP contribution in [0.3, 0.4) is 0 Å². The van der Waals surface area contributed by atoms with Gasteiger partial charge < -0.3 is 15.4 Å². The van der Waals surface area contributed by atoms with Crippen LogP contribution in [-0.2, 0) is 9.53 Å². The van der Waals surface area contributed by atoms with Crippen molar-refractivity contribution in [1.82, 2.24) is 10.6 Å². The van der Waals surface area contributed by atoms with E-state index in [0.29, 0.717) is 6.42 Å². The number of carbonyl (C=O) groups excluding carboxylic acids is 2. The highest BCUT2D eigenvalue weighted by atomic mass is 16.6. The van der Waals surface area contributed by atoms with Gasteiger partial charge in [0.25, 0.3) is 0 Å². The Hall–Kier alpha value is -1.26. The van der Waals surface area contributed by atoms with E-state index in [9.17, 15) is 9.59 Å². The van der Waals surface area contributed by atoms with Gasteiger partial charge >= 0.3 is 6.09 Å². The summed E-state index contributed by atoms with van der Waals surface area (Å²) in [4.78, 5) is 22.9. The molecule has 1 fully saturated rings. The molecule has 0 spiro atoms. The van der Waals surface area contributed by atoms with Crippen LogP contribution in [-0.4, -0.2) is 30.7 Å². The lowest BCUT2D eigenvalue weighted by atomic mass is 10.1. The van der Waals surface area contributed by atoms with Crippen LogP contribution in [0.25, 0.3) is 0 Å². The molecule has 98 valence electrons. The third-order valence-electron chi connectivity index (χ3n) is 2.77. The van der Waals surface area contributed by atoms with Crippen molar-refractivity contribution in [2.75, 3.05) is 7.05 Å². The first-order valence-corrected chi connectivity index (χ1v) is 6.03. The zero-order chi connectivity index (χ0) is 13.1. The molecule has 0 aromatic heterocycles. The predicted molar refractivity (Wildman–Crippen MR) is 64.6 cm³/mol. The zero-order valence-electron chi connectivity index (χ0n) is 11.0. The molecule has 17 heavy (non-hydrogen) atoms. The van der Waals surface area contributed by atoms with Gasteiger partial charge in [0.2, 0.25) is 5.91 Å². The minimum Gasteiger partial charge on any atom is -0.444 e. The Morgan fingerprint density at radius 2 is 1.88 bits per heavy atom. The Labute approximate surface area is 102 Å². The third-order valence-corrected chi connectivity index (χ3v) is 2.77. The van der Waals surface area contributed by atoms with Crippen molar-refractivity contribution in [3.8, 4) is 0 Å². The second kappa shape index (κ2) is 5.38. The minimum absolute atomic E-state index is 0.0138. The molecule has 2 N–H and O–H groups in total. The first-order chi connectivity index (χ1) is 7.81. The SMILES string of the molecule is CNC(=O)C1CCC(NC(=O)OC(C)(C)C)C1. The molecule has 1 rings (SSSR count). The van der Waals surface area contributed by atoms with Crippen molar-refractivity contribution >= 4 is 12.0 Å². The zero-order valence-corrected chi connectivity index (χ0v) is 11.0. The lowest BCUT2D eigenvalue weighted by molar-refractivity contribution is -0.124. The maximum atomic E-state index is 11.5. The van der Waals surface area contributed by atoms with E-state index in [2.05, 4.69) is 10.6 Å². The second-order valence-electron chi connectivity index (χ2n) is 5.47. The van der Waals surface area contributed by atoms with Crippen molar-refractivity contribution < 1.29 is 14.3 Å². The van der Waals surface area contributed by atoms with E-state index >= 15 is 0 Å². The van der Waals surface area contributed by atoms with Gasteiger partial charge in [-0.05, 0) is 40.0 Å². The van der Waals surface area contributed by atoms with E-state index < -0.39 is 11.7 Å². The molecule has 0 bridgehead atoms. The number of ether oxygens (including phenoxy) is 1. The molecule has 0 aliphatic heterocycles. The Kier molecular flexibility index (Phi) is 4.37. The average Bonchev–Trinajstić information content (AvgIpc) is 2.62. The van der Waals surface area contributed by atoms with Gasteiger partial charge in [-0.2, -0.15) is 0 Å². The molecule has 0 saturated heterocycles. The molecule has 2 atom stereocenters. The summed E-state index contributed by atoms with van der Waals surface area (Å²) in [5.74, 6) is 0.0680. The van der Waals surface area contributed by atoms with Crippen molar-refractivity contribution in [2.45, 2.75) is 51.7 Å². The number of hydrogen-bond donors (Lipinski definition) is 2. The highest BCUT2D eigenvalue weighted by molar-refractivity contribution is 5.78. The quantitative estimate of drug-likeness (QED) is 0.769. The molecule has 5 heteroatoms. The van der Waals surface area contributed by atoms with E-state index in [-0.39, 0.29) is 17.9 Å². The van der Waals surface area contributed by atoms with E-state index in [1.807, 2.05) is 20.8 Å². The Balaban J connectivity index is 2.35. The fraction of sp³-hybridized carbons (Fsp3) is 0.833. The molecule has 1 saturated carbocycles. The summed E-state index contributed by atoms with van der Waals surface area (Å²) >= 11 is 0. The number of hydrogen-bond acceptors (Lipinski definition) is 3. The standard InChI is InChI=1S/C12H22N2O3/c1-12(2,3)17-11(16)14-9-6-5-8(7-9)10(15)13-4/h8-9H,5-7H2,1-4H3,(H,13,15)(H,14,16). The number of rotatable bonds is 2. The highest BCUT2D eigenvalue weighted by Gasteiger charge is 2.31. The first kappa shape index (κ1) is 13.8. The lowest BCUT2D eigenvalue weighted by Crippen LogP contribution is -2.38. The molecule has 0 radical (unpaired) electrons. The van der Waals surface area contributed by atoms with Crippen molar-refractivity contribution in [1.29, 1.82) is 0 Å². The molecule has 1 aliphatic carbocycles. The molecule has 1 aliphatic rings. The van der Waals surface area contributed by atoms with Gasteiger partial charge in [-0.15, -0.1) is 0 Å². The van der Waals surface area contributed by atoms with Crippen molar-refractivity contribution in [3.63, 3.8) is 0 Å². The second-order valence-corrected chi connectivity index (χ2v) is 5.47. The summed E-state index contributed by atoms with van der Waals surface area (Å²) in [7, 11) is 1.64. The summed E-state index contributed by atoms with van der Waals surface area (Å²) in [5.41, 5.74) is -0.483. The highest BCUT2D eigenvalue weighted by Crippen LogP contribution is 2.25. The van der Waals surface area contributed by atoms with Crippen LogP contribution in [0, 0.1) is 5.92 Å². The monoisotopic (exact) mass is 242 g/mol. The fourth-order valence-corrected chi connectivity index (χ4v) is 2.03. The number of alkyl carbamates (subject to hydrolysis) is 1. The van der Waals surface area contributed by atoms with Gasteiger partial charge in [0.05, 0.1) is 0 Å². The Bertz CT molecular complexity index is 297. The van der Waals surface area contributed by atoms with Crippen molar-refractivity contribution in [3.05, 3.63) is 0 Å². The van der Waals surface area contributed by atoms with E-state index in [1.165, 1.54) is 0 Å². The molecular formula is C12H22N2O3. The Morgan fingerprint density at radius 3 is 2.41 bits per heavy atom. The van der Waals surface area contributed by atoms with Crippen LogP contribution in [0.4, 0.5) is 4.79 Å². The normalized spacial score (nSPS) is 24.2. The van der Waals surface area contributed by atoms with Crippen molar-refractivity contribution in [2.24, 2.45) is 5.92 Å². The van der Waals surface area contributed by atoms with E-state index in [0.717, 1.165) is 12.8 Å². The fourth-order valence-electron chi connectivity index (χ4n) is 2.03. The predicted octanol–water partition coefficient (Wildman–Crippen LogP) is 1.43. The van der Waals surface area contributed by atoms with Gasteiger partial charge in [-0.1, -0.05) is 0 Å². The van der Waals surface area contributed by atoms with Crippen LogP contribution in [0.5, 0.6) is 0 Å². The first-order valence-electron chi connectivity index (χ1n) is 6.03. The molecule has 2 amide bonds. The lowest BCUT2D eigenvalue weighted by Gasteiger charge is -2.21. The molecule has 2 unspecified atom stereocenters. The summed E-state index contributed by atoms with van der Waals surface area (Å²) in [6, 6.07) is 0.0483. The third kappa shape index (κ3) is 4.63. The molecule has 0 heterocycles. The van der Waals surface area contributed by atoms with Gasteiger partial charge in [-0.25, -0.2) is 4.79 Å². The van der Waals surface area contributed by atoms with Crippen LogP contribution >= 0.6 is 0 Å². The molecular weight excluding hydrogens is 220 g/mol. The minimum atomic E-state index is -0.483. The van der Waals surface area contributed by atoms with Gasteiger partial charge in [-0.3, -0.25) is 4.79 Å². The van der Waals surface area contributed by atoms with Crippen LogP contribution in [0.1, 0.15) is 40.0 Å². The number of carbonyl (C=O) groups is 2. The molecule has 0 aromatic carbocycles. The maximum absolute atomic E-state index is 11.5. The Morgan fingerprint density at radius 1 is 1.24 bits per heavy atom. The summed E-state index contributed by atoms with van der Waals surface area (Å²) < 4.78 is 5.17. The summed E-state index contributed by atoms with van der Waals surface area (Å²) in [5, 5.41) is 5.44. The van der Waals surface area contributed by atoms with Gasteiger partial charge in [0.15, 0.2) is 0 Å². The molecule has 5 nitrogen and oxygen atoms in total. The van der Waals surface area contributed by atoms with Crippen LogP contribution in [0.2, 0.25) is 0 Å². The van der Waals surface area contributed by atoms with Gasteiger partial charge in [0, 0.05) is 19.0 Å². The van der Waals surface area contributed by atoms with Crippen LogP contribution < -0.4 is 10.6 Å². The largest absolute Gasteiger partial charge is 0.444 e. The van der Waals surface area contributed by atoms with Gasteiger partial charge in [0.1, 0.15) is 5.60 Å². The smallest absolute Gasteiger partial charge is 0.407 e. The van der Waals surface area contributed by atoms with E-state index in [1.54, 1.807) is 7.05 Å². The maximum Gasteiger partial charge on any atom is 0.407 e. The average molecular weight is 242 g/mol. The topological polar surface area (TPSA) is 67.4 Å². The molecule has 0 aromatic rings. The summed E-state index contributed by atoms with van der Waals surface area (Å²) in [6.07, 6.45) is 1.94. The van der Waals surface area contributed by atoms with Crippen LogP contribution in [0.15, 0.2) is 0 Å².